The van der Waals surface area contributed by atoms with Gasteiger partial charge < -0.3 is 26.6 Å². The van der Waals surface area contributed by atoms with Crippen LogP contribution in [-0.2, 0) is 20.8 Å². The molecule has 5 N–H and O–H groups in total. The zero-order valence-electron chi connectivity index (χ0n) is 22.9. The first-order valence-corrected chi connectivity index (χ1v) is 14.4. The Hall–Kier alpha value is -3.80. The van der Waals surface area contributed by atoms with Crippen LogP contribution in [0, 0.1) is 5.41 Å². The number of Topliss-reactive ketones (excluding diaryl/α,β-unsaturated/α-hetero) is 1. The fraction of sp³-hybridized carbons (Fsp3) is 0.500. The molecule has 3 heterocycles. The van der Waals surface area contributed by atoms with E-state index in [0.29, 0.717) is 50.2 Å². The Labute approximate surface area is 238 Å². The van der Waals surface area contributed by atoms with Crippen molar-refractivity contribution in [3.63, 3.8) is 0 Å². The van der Waals surface area contributed by atoms with Crippen LogP contribution < -0.4 is 16.8 Å². The largest absolute Gasteiger partial charge is 0.370 e. The second kappa shape index (κ2) is 12.6. The third-order valence-electron chi connectivity index (χ3n) is 7.65. The second-order valence-electron chi connectivity index (χ2n) is 11.0. The Morgan fingerprint density at radius 3 is 2.65 bits per heavy atom. The highest BCUT2D eigenvalue weighted by Crippen LogP contribution is 2.42. The number of hydrogen-bond acceptors (Lipinski definition) is 7. The van der Waals surface area contributed by atoms with E-state index in [0.717, 1.165) is 5.56 Å². The molecule has 2 saturated heterocycles. The number of amides is 3. The number of carbonyl (C=O) groups is 4. The van der Waals surface area contributed by atoms with E-state index in [-0.39, 0.29) is 42.1 Å². The maximum Gasteiger partial charge on any atom is 0.243 e. The molecule has 2 fully saturated rings. The number of hydrogen-bond donors (Lipinski definition) is 3. The topological polar surface area (TPSA) is 164 Å². The number of aromatic nitrogens is 1. The number of ketones is 1. The molecule has 1 aromatic carbocycles. The first-order valence-electron chi connectivity index (χ1n) is 13.5. The highest BCUT2D eigenvalue weighted by Gasteiger charge is 2.54. The maximum absolute atomic E-state index is 13.6. The van der Waals surface area contributed by atoms with Gasteiger partial charge in [-0.2, -0.15) is 0 Å². The number of thiazole rings is 1. The Morgan fingerprint density at radius 1 is 1.23 bits per heavy atom. The molecule has 12 heteroatoms. The van der Waals surface area contributed by atoms with E-state index < -0.39 is 17.5 Å². The molecule has 0 aliphatic carbocycles. The van der Waals surface area contributed by atoms with Gasteiger partial charge in [0.05, 0.1) is 18.6 Å². The van der Waals surface area contributed by atoms with Crippen LogP contribution in [0.3, 0.4) is 0 Å². The predicted molar refractivity (Wildman–Crippen MR) is 152 cm³/mol. The van der Waals surface area contributed by atoms with Gasteiger partial charge in [0, 0.05) is 31.1 Å². The van der Waals surface area contributed by atoms with Crippen molar-refractivity contribution in [3.8, 4) is 0 Å². The Bertz CT molecular complexity index is 1240. The summed E-state index contributed by atoms with van der Waals surface area (Å²) in [6.07, 6.45) is 3.67. The van der Waals surface area contributed by atoms with Crippen molar-refractivity contribution in [1.82, 2.24) is 20.1 Å². The third-order valence-corrected chi connectivity index (χ3v) is 8.44. The van der Waals surface area contributed by atoms with Gasteiger partial charge in [-0.3, -0.25) is 24.2 Å². The molecule has 2 aliphatic heterocycles. The van der Waals surface area contributed by atoms with Crippen LogP contribution in [0.2, 0.25) is 0 Å². The standard InChI is InChI=1S/C28H37N7O4S/c1-28(2)15-20(25(39)33-19(9-6-12-32-27(29)30)24(38)26-31-13-14-40-26)35-21(28)16-34(17-23(35)37)22(36)11-10-18-7-4-3-5-8-18/h3-5,7-8,13-14,19-21H,6,9-12,15-17H2,1-2H3,(H,33,39)(H4,29,30,32)/t19?,20?,21-/m1/s1. The van der Waals surface area contributed by atoms with E-state index in [1.165, 1.54) is 11.3 Å². The molecule has 3 amide bonds. The van der Waals surface area contributed by atoms with Crippen molar-refractivity contribution < 1.29 is 19.2 Å². The van der Waals surface area contributed by atoms with Gasteiger partial charge in [-0.25, -0.2) is 4.98 Å². The first kappa shape index (κ1) is 29.2. The SMILES string of the molecule is CC1(C)CC(C(=O)NC(CCCN=C(N)N)C(=O)c2nccs2)N2C(=O)CN(C(=O)CCc3ccccc3)C[C@@H]21. The van der Waals surface area contributed by atoms with Crippen LogP contribution in [0.4, 0.5) is 0 Å². The van der Waals surface area contributed by atoms with Crippen LogP contribution in [-0.4, -0.2) is 82.0 Å². The summed E-state index contributed by atoms with van der Waals surface area (Å²) < 4.78 is 0. The number of nitrogens with two attached hydrogens (primary N) is 2. The van der Waals surface area contributed by atoms with E-state index in [4.69, 9.17) is 11.5 Å². The normalized spacial score (nSPS) is 20.5. The zero-order valence-corrected chi connectivity index (χ0v) is 23.7. The quantitative estimate of drug-likeness (QED) is 0.160. The van der Waals surface area contributed by atoms with E-state index in [1.54, 1.807) is 21.4 Å². The molecule has 1 aromatic heterocycles. The minimum atomic E-state index is -0.828. The molecule has 0 bridgehead atoms. The lowest BCUT2D eigenvalue weighted by atomic mass is 9.82. The number of guanidine groups is 1. The minimum Gasteiger partial charge on any atom is -0.370 e. The van der Waals surface area contributed by atoms with E-state index >= 15 is 0 Å². The molecule has 214 valence electrons. The summed E-state index contributed by atoms with van der Waals surface area (Å²) in [5.74, 6) is -1.05. The van der Waals surface area contributed by atoms with E-state index in [9.17, 15) is 19.2 Å². The van der Waals surface area contributed by atoms with Crippen molar-refractivity contribution in [3.05, 3.63) is 52.5 Å². The average molecular weight is 568 g/mol. The third kappa shape index (κ3) is 6.85. The molecule has 2 aliphatic rings. The molecule has 0 radical (unpaired) electrons. The van der Waals surface area contributed by atoms with E-state index in [2.05, 4.69) is 15.3 Å². The molecule has 40 heavy (non-hydrogen) atoms. The van der Waals surface area contributed by atoms with Gasteiger partial charge in [-0.1, -0.05) is 44.2 Å². The highest BCUT2D eigenvalue weighted by molar-refractivity contribution is 7.11. The number of benzene rings is 1. The van der Waals surface area contributed by atoms with Gasteiger partial charge in [-0.15, -0.1) is 11.3 Å². The summed E-state index contributed by atoms with van der Waals surface area (Å²) in [4.78, 5) is 64.5. The van der Waals surface area contributed by atoms with Gasteiger partial charge in [-0.05, 0) is 36.7 Å². The number of nitrogens with one attached hydrogen (secondary N) is 1. The molecular formula is C28H37N7O4S. The zero-order chi connectivity index (χ0) is 28.9. The second-order valence-corrected chi connectivity index (χ2v) is 11.9. The van der Waals surface area contributed by atoms with Crippen molar-refractivity contribution in [2.24, 2.45) is 21.9 Å². The lowest BCUT2D eigenvalue weighted by Gasteiger charge is -2.42. The van der Waals surface area contributed by atoms with Gasteiger partial charge in [0.25, 0.3) is 0 Å². The summed E-state index contributed by atoms with van der Waals surface area (Å²) in [7, 11) is 0. The van der Waals surface area contributed by atoms with Crippen LogP contribution in [0.25, 0.3) is 0 Å². The maximum atomic E-state index is 13.6. The van der Waals surface area contributed by atoms with E-state index in [1.807, 2.05) is 44.2 Å². The molecule has 2 aromatic rings. The van der Waals surface area contributed by atoms with Crippen molar-refractivity contribution in [1.29, 1.82) is 0 Å². The number of aliphatic imine (C=N–C) groups is 1. The number of nitrogens with zero attached hydrogens (tertiary/aromatic N) is 4. The monoisotopic (exact) mass is 567 g/mol. The molecule has 3 atom stereocenters. The van der Waals surface area contributed by atoms with Crippen LogP contribution >= 0.6 is 11.3 Å². The number of piperazine rings is 1. The van der Waals surface area contributed by atoms with Crippen LogP contribution in [0.1, 0.15) is 54.9 Å². The average Bonchev–Trinajstić information content (AvgIpc) is 3.56. The van der Waals surface area contributed by atoms with Gasteiger partial charge in [0.15, 0.2) is 11.0 Å². The first-order chi connectivity index (χ1) is 19.1. The molecule has 0 spiro atoms. The van der Waals surface area contributed by atoms with Crippen molar-refractivity contribution >= 4 is 40.8 Å². The fourth-order valence-electron chi connectivity index (χ4n) is 5.52. The van der Waals surface area contributed by atoms with Crippen molar-refractivity contribution in [2.75, 3.05) is 19.6 Å². The van der Waals surface area contributed by atoms with Crippen LogP contribution in [0.5, 0.6) is 0 Å². The lowest BCUT2D eigenvalue weighted by molar-refractivity contribution is -0.152. The van der Waals surface area contributed by atoms with Crippen LogP contribution in [0.15, 0.2) is 46.9 Å². The summed E-state index contributed by atoms with van der Waals surface area (Å²) in [6, 6.07) is 7.90. The van der Waals surface area contributed by atoms with Gasteiger partial charge >= 0.3 is 0 Å². The highest BCUT2D eigenvalue weighted by atomic mass is 32.1. The lowest BCUT2D eigenvalue weighted by Crippen LogP contribution is -2.62. The summed E-state index contributed by atoms with van der Waals surface area (Å²) in [6.45, 7) is 4.64. The number of carbonyl (C=O) groups excluding carboxylic acids is 4. The predicted octanol–water partition coefficient (Wildman–Crippen LogP) is 1.33. The number of aryl methyl sites for hydroxylation is 1. The smallest absolute Gasteiger partial charge is 0.243 e. The molecular weight excluding hydrogens is 530 g/mol. The molecule has 2 unspecified atom stereocenters. The molecule has 4 rings (SSSR count). The Balaban J connectivity index is 1.43. The van der Waals surface area contributed by atoms with Gasteiger partial charge in [0.1, 0.15) is 6.04 Å². The summed E-state index contributed by atoms with van der Waals surface area (Å²) in [5, 5.41) is 4.90. The minimum absolute atomic E-state index is 0.0396. The summed E-state index contributed by atoms with van der Waals surface area (Å²) >= 11 is 1.21. The Morgan fingerprint density at radius 2 is 1.98 bits per heavy atom. The number of rotatable bonds is 11. The molecule has 11 nitrogen and oxygen atoms in total. The summed E-state index contributed by atoms with van der Waals surface area (Å²) in [5.41, 5.74) is 11.5. The fourth-order valence-corrected chi connectivity index (χ4v) is 6.16. The van der Waals surface area contributed by atoms with Crippen molar-refractivity contribution in [2.45, 2.75) is 64.1 Å². The molecule has 0 saturated carbocycles. The van der Waals surface area contributed by atoms with Gasteiger partial charge in [0.2, 0.25) is 23.5 Å². The number of fused-ring (bicyclic) bond motifs is 1. The Kier molecular flexibility index (Phi) is 9.18.